The first-order chi connectivity index (χ1) is 16.4. The Morgan fingerprint density at radius 1 is 1.11 bits per heavy atom. The maximum atomic E-state index is 13.4. The van der Waals surface area contributed by atoms with Crippen LogP contribution in [0, 0.1) is 12.7 Å². The van der Waals surface area contributed by atoms with Crippen LogP contribution in [-0.4, -0.2) is 39.2 Å². The van der Waals surface area contributed by atoms with Gasteiger partial charge in [-0.25, -0.2) is 13.9 Å². The van der Waals surface area contributed by atoms with Gasteiger partial charge in [0.05, 0.1) is 16.4 Å². The summed E-state index contributed by atoms with van der Waals surface area (Å²) in [5.41, 5.74) is 2.79. The van der Waals surface area contributed by atoms with Gasteiger partial charge in [0.2, 0.25) is 5.91 Å². The van der Waals surface area contributed by atoms with Gasteiger partial charge in [-0.15, -0.1) is 0 Å². The minimum Gasteiger partial charge on any atom is -0.313 e. The number of nitrogens with one attached hydrogen (secondary N) is 2. The molecule has 0 saturated carbocycles. The normalized spacial score (nSPS) is 11.5. The van der Waals surface area contributed by atoms with Crippen LogP contribution in [0.4, 0.5) is 20.7 Å². The third kappa shape index (κ3) is 6.39. The van der Waals surface area contributed by atoms with E-state index in [2.05, 4.69) is 31.4 Å². The molecule has 0 aliphatic rings. The number of benzene rings is 2. The van der Waals surface area contributed by atoms with Crippen LogP contribution in [0.2, 0.25) is 5.02 Å². The highest BCUT2D eigenvalue weighted by Crippen LogP contribution is 2.27. The van der Waals surface area contributed by atoms with Crippen molar-refractivity contribution >= 4 is 35.0 Å². The molecule has 1 heterocycles. The molecule has 1 aromatic heterocycles. The number of para-hydroxylation sites is 1. The van der Waals surface area contributed by atoms with Crippen molar-refractivity contribution < 1.29 is 14.0 Å². The van der Waals surface area contributed by atoms with Crippen molar-refractivity contribution in [3.05, 3.63) is 70.6 Å². The van der Waals surface area contributed by atoms with Gasteiger partial charge >= 0.3 is 6.03 Å². The molecule has 35 heavy (non-hydrogen) atoms. The number of aryl methyl sites for hydroxylation is 1. The molecule has 0 unspecified atom stereocenters. The van der Waals surface area contributed by atoms with Crippen LogP contribution < -0.4 is 10.6 Å². The Morgan fingerprint density at radius 2 is 1.80 bits per heavy atom. The Morgan fingerprint density at radius 3 is 2.40 bits per heavy atom. The largest absolute Gasteiger partial charge is 0.322 e. The van der Waals surface area contributed by atoms with Crippen molar-refractivity contribution in [1.82, 2.24) is 14.7 Å². The van der Waals surface area contributed by atoms with E-state index >= 15 is 0 Å². The zero-order chi connectivity index (χ0) is 25.9. The van der Waals surface area contributed by atoms with E-state index in [9.17, 15) is 14.0 Å². The molecule has 3 amide bonds. The molecular weight excluding hydrogens is 469 g/mol. The van der Waals surface area contributed by atoms with E-state index < -0.39 is 11.8 Å². The van der Waals surface area contributed by atoms with E-state index in [1.54, 1.807) is 18.5 Å². The quantitative estimate of drug-likeness (QED) is 0.426. The summed E-state index contributed by atoms with van der Waals surface area (Å²) in [6.07, 6.45) is 0. The molecule has 0 saturated heterocycles. The average molecular weight is 500 g/mol. The van der Waals surface area contributed by atoms with Gasteiger partial charge in [0, 0.05) is 23.2 Å². The summed E-state index contributed by atoms with van der Waals surface area (Å²) in [6.45, 7) is 11.6. The SMILES string of the molecule is Cc1ccccc1-n1nc(C(C)(C)C)cc1NC(=O)CN(C(=O)Nc1ccc(F)c(Cl)c1)C(C)C. The number of carbonyl (C=O) groups excluding carboxylic acids is 2. The highest BCUT2D eigenvalue weighted by molar-refractivity contribution is 6.31. The minimum atomic E-state index is -0.579. The number of carbonyl (C=O) groups is 2. The fourth-order valence-electron chi connectivity index (χ4n) is 3.42. The van der Waals surface area contributed by atoms with Crippen molar-refractivity contribution in [3.8, 4) is 5.69 Å². The number of halogens is 2. The molecule has 7 nitrogen and oxygen atoms in total. The Hall–Kier alpha value is -3.39. The number of nitrogens with zero attached hydrogens (tertiary/aromatic N) is 3. The molecule has 0 spiro atoms. The topological polar surface area (TPSA) is 79.3 Å². The molecule has 3 rings (SSSR count). The van der Waals surface area contributed by atoms with Gasteiger partial charge in [-0.2, -0.15) is 5.10 Å². The summed E-state index contributed by atoms with van der Waals surface area (Å²) >= 11 is 5.81. The lowest BCUT2D eigenvalue weighted by Gasteiger charge is -2.26. The number of rotatable bonds is 6. The molecule has 2 N–H and O–H groups in total. The second kappa shape index (κ2) is 10.5. The third-order valence-electron chi connectivity index (χ3n) is 5.46. The van der Waals surface area contributed by atoms with E-state index in [0.717, 1.165) is 16.9 Å². The van der Waals surface area contributed by atoms with Crippen molar-refractivity contribution in [2.45, 2.75) is 53.0 Å². The summed E-state index contributed by atoms with van der Waals surface area (Å²) in [5.74, 6) is -0.436. The van der Waals surface area contributed by atoms with Crippen LogP contribution in [-0.2, 0) is 10.2 Å². The second-order valence-corrected chi connectivity index (χ2v) is 10.1. The van der Waals surface area contributed by atoms with Gasteiger partial charge in [0.25, 0.3) is 0 Å². The Labute approximate surface area is 210 Å². The molecule has 2 aromatic carbocycles. The molecular formula is C26H31ClFN5O2. The van der Waals surface area contributed by atoms with Crippen LogP contribution in [0.5, 0.6) is 0 Å². The third-order valence-corrected chi connectivity index (χ3v) is 5.75. The van der Waals surface area contributed by atoms with Crippen LogP contribution in [0.3, 0.4) is 0 Å². The summed E-state index contributed by atoms with van der Waals surface area (Å²) in [6, 6.07) is 12.8. The number of hydrogen-bond acceptors (Lipinski definition) is 3. The minimum absolute atomic E-state index is 0.101. The van der Waals surface area contributed by atoms with E-state index in [1.165, 1.54) is 23.1 Å². The van der Waals surface area contributed by atoms with E-state index in [0.29, 0.717) is 11.5 Å². The molecule has 0 radical (unpaired) electrons. The standard InChI is InChI=1S/C26H31ClFN5O2/c1-16(2)32(25(35)29-18-11-12-20(28)19(27)13-18)15-24(34)30-23-14-22(26(4,5)6)31-33(23)21-10-8-7-9-17(21)3/h7-14,16H,15H2,1-6H3,(H,29,35)(H,30,34). The molecule has 186 valence electrons. The van der Waals surface area contributed by atoms with Crippen molar-refractivity contribution in [2.24, 2.45) is 0 Å². The molecule has 0 aliphatic carbocycles. The Bertz CT molecular complexity index is 1230. The average Bonchev–Trinajstić information content (AvgIpc) is 3.18. The maximum Gasteiger partial charge on any atom is 0.322 e. The Balaban J connectivity index is 1.82. The highest BCUT2D eigenvalue weighted by atomic mass is 35.5. The van der Waals surface area contributed by atoms with Gasteiger partial charge in [-0.05, 0) is 50.6 Å². The van der Waals surface area contributed by atoms with E-state index in [4.69, 9.17) is 16.7 Å². The molecule has 3 aromatic rings. The van der Waals surface area contributed by atoms with Gasteiger partial charge < -0.3 is 15.5 Å². The Kier molecular flexibility index (Phi) is 7.85. The van der Waals surface area contributed by atoms with Crippen LogP contribution in [0.25, 0.3) is 5.69 Å². The van der Waals surface area contributed by atoms with Gasteiger partial charge in [-0.3, -0.25) is 4.79 Å². The van der Waals surface area contributed by atoms with Crippen LogP contribution in [0.1, 0.15) is 45.9 Å². The number of hydrogen-bond donors (Lipinski definition) is 2. The highest BCUT2D eigenvalue weighted by Gasteiger charge is 2.24. The van der Waals surface area contributed by atoms with Gasteiger partial charge in [-0.1, -0.05) is 50.6 Å². The van der Waals surface area contributed by atoms with Gasteiger partial charge in [0.1, 0.15) is 18.2 Å². The lowest BCUT2D eigenvalue weighted by molar-refractivity contribution is -0.117. The monoisotopic (exact) mass is 499 g/mol. The molecule has 0 aliphatic heterocycles. The lowest BCUT2D eigenvalue weighted by Crippen LogP contribution is -2.44. The summed E-state index contributed by atoms with van der Waals surface area (Å²) in [5, 5.41) is 10.2. The first kappa shape index (κ1) is 26.2. The second-order valence-electron chi connectivity index (χ2n) is 9.69. The maximum absolute atomic E-state index is 13.4. The fraction of sp³-hybridized carbons (Fsp3) is 0.346. The predicted octanol–water partition coefficient (Wildman–Crippen LogP) is 6.15. The lowest BCUT2D eigenvalue weighted by atomic mass is 9.92. The van der Waals surface area contributed by atoms with Crippen LogP contribution in [0.15, 0.2) is 48.5 Å². The predicted molar refractivity (Wildman–Crippen MR) is 138 cm³/mol. The fourth-order valence-corrected chi connectivity index (χ4v) is 3.60. The number of aromatic nitrogens is 2. The van der Waals surface area contributed by atoms with Crippen molar-refractivity contribution in [3.63, 3.8) is 0 Å². The number of urea groups is 1. The first-order valence-corrected chi connectivity index (χ1v) is 11.7. The van der Waals surface area contributed by atoms with Crippen LogP contribution >= 0.6 is 11.6 Å². The van der Waals surface area contributed by atoms with E-state index in [1.807, 2.05) is 37.3 Å². The molecule has 0 fully saturated rings. The summed E-state index contributed by atoms with van der Waals surface area (Å²) < 4.78 is 15.2. The number of amides is 3. The van der Waals surface area contributed by atoms with Gasteiger partial charge in [0.15, 0.2) is 0 Å². The molecule has 9 heteroatoms. The molecule has 0 atom stereocenters. The van der Waals surface area contributed by atoms with E-state index in [-0.39, 0.29) is 28.9 Å². The smallest absolute Gasteiger partial charge is 0.313 e. The zero-order valence-corrected chi connectivity index (χ0v) is 21.6. The van der Waals surface area contributed by atoms with Crippen molar-refractivity contribution in [2.75, 3.05) is 17.2 Å². The van der Waals surface area contributed by atoms with Crippen molar-refractivity contribution in [1.29, 1.82) is 0 Å². The molecule has 0 bridgehead atoms. The first-order valence-electron chi connectivity index (χ1n) is 11.4. The zero-order valence-electron chi connectivity index (χ0n) is 20.8. The summed E-state index contributed by atoms with van der Waals surface area (Å²) in [7, 11) is 0. The summed E-state index contributed by atoms with van der Waals surface area (Å²) in [4.78, 5) is 27.3. The number of anilines is 2.